The van der Waals surface area contributed by atoms with Gasteiger partial charge in [0.2, 0.25) is 5.91 Å². The van der Waals surface area contributed by atoms with Crippen LogP contribution in [0.2, 0.25) is 0 Å². The van der Waals surface area contributed by atoms with E-state index in [0.29, 0.717) is 17.4 Å². The number of carbonyl (C=O) groups is 2. The molecule has 5 rings (SSSR count). The third-order valence-electron chi connectivity index (χ3n) is 10.6. The lowest BCUT2D eigenvalue weighted by Gasteiger charge is -2.61. The molecule has 5 fully saturated rings. The SMILES string of the molecule is CC(=O)O[C@H]1CC[C@@]2(C)C(CCC3C2CC[C@@]2(C)C3CC[C@@H]2NC(=O)C2CCCN2)C1. The average molecular weight is 431 g/mol. The lowest BCUT2D eigenvalue weighted by molar-refractivity contribution is -0.159. The van der Waals surface area contributed by atoms with Crippen molar-refractivity contribution in [1.29, 1.82) is 0 Å². The van der Waals surface area contributed by atoms with Gasteiger partial charge in [-0.2, -0.15) is 0 Å². The summed E-state index contributed by atoms with van der Waals surface area (Å²) in [5, 5.41) is 6.86. The molecule has 0 bridgehead atoms. The molecule has 2 N–H and O–H groups in total. The van der Waals surface area contributed by atoms with Gasteiger partial charge >= 0.3 is 5.97 Å². The fourth-order valence-corrected chi connectivity index (χ4v) is 8.98. The van der Waals surface area contributed by atoms with Crippen molar-refractivity contribution in [2.45, 2.75) is 110 Å². The third kappa shape index (κ3) is 3.63. The minimum atomic E-state index is -0.123. The van der Waals surface area contributed by atoms with Gasteiger partial charge in [0.15, 0.2) is 0 Å². The molecule has 4 aliphatic carbocycles. The number of fused-ring (bicyclic) bond motifs is 5. The van der Waals surface area contributed by atoms with E-state index in [1.807, 2.05) is 0 Å². The second-order valence-corrected chi connectivity index (χ2v) is 12.0. The summed E-state index contributed by atoms with van der Waals surface area (Å²) in [6.07, 6.45) is 13.1. The molecular formula is C26H42N2O3. The van der Waals surface area contributed by atoms with E-state index in [4.69, 9.17) is 4.74 Å². The zero-order valence-corrected chi connectivity index (χ0v) is 19.8. The lowest BCUT2D eigenvalue weighted by atomic mass is 9.45. The van der Waals surface area contributed by atoms with Crippen molar-refractivity contribution in [3.05, 3.63) is 0 Å². The molecule has 5 aliphatic rings. The number of hydrogen-bond acceptors (Lipinski definition) is 4. The number of ether oxygens (including phenoxy) is 1. The largest absolute Gasteiger partial charge is 0.463 e. The highest BCUT2D eigenvalue weighted by Gasteiger charge is 2.60. The Balaban J connectivity index is 1.28. The molecule has 0 radical (unpaired) electrons. The van der Waals surface area contributed by atoms with E-state index in [1.165, 1.54) is 38.5 Å². The maximum Gasteiger partial charge on any atom is 0.302 e. The van der Waals surface area contributed by atoms with E-state index >= 15 is 0 Å². The van der Waals surface area contributed by atoms with Crippen LogP contribution in [0, 0.1) is 34.5 Å². The molecule has 5 nitrogen and oxygen atoms in total. The molecule has 31 heavy (non-hydrogen) atoms. The minimum absolute atomic E-state index is 0.0285. The van der Waals surface area contributed by atoms with Gasteiger partial charge in [0.1, 0.15) is 6.10 Å². The van der Waals surface area contributed by atoms with Gasteiger partial charge in [-0.3, -0.25) is 9.59 Å². The quantitative estimate of drug-likeness (QED) is 0.659. The highest BCUT2D eigenvalue weighted by molar-refractivity contribution is 5.82. The number of hydrogen-bond donors (Lipinski definition) is 2. The van der Waals surface area contributed by atoms with Crippen molar-refractivity contribution in [1.82, 2.24) is 10.6 Å². The molecule has 5 heteroatoms. The Bertz CT molecular complexity index is 719. The Kier molecular flexibility index (Phi) is 5.64. The molecule has 1 saturated heterocycles. The molecule has 9 atom stereocenters. The van der Waals surface area contributed by atoms with E-state index in [1.54, 1.807) is 6.92 Å². The van der Waals surface area contributed by atoms with E-state index in [0.717, 1.165) is 56.4 Å². The molecule has 1 aliphatic heterocycles. The van der Waals surface area contributed by atoms with Crippen molar-refractivity contribution in [3.63, 3.8) is 0 Å². The Morgan fingerprint density at radius 3 is 2.45 bits per heavy atom. The fraction of sp³-hybridized carbons (Fsp3) is 0.923. The van der Waals surface area contributed by atoms with Crippen molar-refractivity contribution in [2.24, 2.45) is 34.5 Å². The van der Waals surface area contributed by atoms with Gasteiger partial charge < -0.3 is 15.4 Å². The lowest BCUT2D eigenvalue weighted by Crippen LogP contribution is -2.57. The summed E-state index contributed by atoms with van der Waals surface area (Å²) >= 11 is 0. The van der Waals surface area contributed by atoms with E-state index in [9.17, 15) is 9.59 Å². The summed E-state index contributed by atoms with van der Waals surface area (Å²) in [6, 6.07) is 0.374. The van der Waals surface area contributed by atoms with Crippen molar-refractivity contribution in [2.75, 3.05) is 6.54 Å². The maximum absolute atomic E-state index is 12.8. The molecule has 4 saturated carbocycles. The topological polar surface area (TPSA) is 67.4 Å². The van der Waals surface area contributed by atoms with Crippen LogP contribution >= 0.6 is 0 Å². The summed E-state index contributed by atoms with van der Waals surface area (Å²) in [6.45, 7) is 7.57. The van der Waals surface area contributed by atoms with Gasteiger partial charge in [0, 0.05) is 13.0 Å². The molecule has 0 aromatic heterocycles. The number of carbonyl (C=O) groups excluding carboxylic acids is 2. The van der Waals surface area contributed by atoms with Gasteiger partial charge in [0.05, 0.1) is 6.04 Å². The minimum Gasteiger partial charge on any atom is -0.463 e. The number of nitrogens with one attached hydrogen (secondary N) is 2. The van der Waals surface area contributed by atoms with Crippen LogP contribution in [-0.4, -0.2) is 36.6 Å². The van der Waals surface area contributed by atoms with Crippen LogP contribution in [-0.2, 0) is 14.3 Å². The van der Waals surface area contributed by atoms with Crippen molar-refractivity contribution in [3.8, 4) is 0 Å². The van der Waals surface area contributed by atoms with E-state index in [-0.39, 0.29) is 29.4 Å². The van der Waals surface area contributed by atoms with E-state index in [2.05, 4.69) is 24.5 Å². The predicted octanol–water partition coefficient (Wildman–Crippen LogP) is 4.20. The first-order valence-corrected chi connectivity index (χ1v) is 13.0. The van der Waals surface area contributed by atoms with Crippen LogP contribution < -0.4 is 10.6 Å². The zero-order chi connectivity index (χ0) is 21.8. The Morgan fingerprint density at radius 2 is 1.71 bits per heavy atom. The Hall–Kier alpha value is -1.10. The molecule has 174 valence electrons. The summed E-state index contributed by atoms with van der Waals surface area (Å²) in [5.74, 6) is 3.16. The third-order valence-corrected chi connectivity index (χ3v) is 10.6. The standard InChI is InChI=1S/C26H42N2O3/c1-16(29)31-18-10-12-25(2)17(15-18)6-7-19-20-8-9-23(26(20,3)13-11-21(19)25)28-24(30)22-5-4-14-27-22/h17-23,27H,4-15H2,1-3H3,(H,28,30)/t17?,18-,19?,20?,21?,22?,23-,25-,26-/m0/s1. The molecule has 0 spiro atoms. The monoisotopic (exact) mass is 430 g/mol. The Morgan fingerprint density at radius 1 is 0.935 bits per heavy atom. The first-order valence-electron chi connectivity index (χ1n) is 13.0. The van der Waals surface area contributed by atoms with Gasteiger partial charge in [0.25, 0.3) is 0 Å². The molecule has 5 unspecified atom stereocenters. The van der Waals surface area contributed by atoms with Gasteiger partial charge in [-0.1, -0.05) is 13.8 Å². The van der Waals surface area contributed by atoms with Crippen molar-refractivity contribution >= 4 is 11.9 Å². The van der Waals surface area contributed by atoms with Gasteiger partial charge in [-0.05, 0) is 112 Å². The number of rotatable bonds is 3. The zero-order valence-electron chi connectivity index (χ0n) is 19.8. The number of amides is 1. The molecule has 1 heterocycles. The smallest absolute Gasteiger partial charge is 0.302 e. The maximum atomic E-state index is 12.8. The molecule has 0 aromatic rings. The first-order chi connectivity index (χ1) is 14.8. The number of esters is 1. The van der Waals surface area contributed by atoms with Crippen LogP contribution in [0.4, 0.5) is 0 Å². The van der Waals surface area contributed by atoms with Crippen LogP contribution in [0.25, 0.3) is 0 Å². The highest BCUT2D eigenvalue weighted by Crippen LogP contribution is 2.66. The van der Waals surface area contributed by atoms with Crippen molar-refractivity contribution < 1.29 is 14.3 Å². The second kappa shape index (κ2) is 8.04. The average Bonchev–Trinajstić information content (AvgIpc) is 3.36. The predicted molar refractivity (Wildman–Crippen MR) is 120 cm³/mol. The van der Waals surface area contributed by atoms with Crippen LogP contribution in [0.3, 0.4) is 0 Å². The van der Waals surface area contributed by atoms with Crippen LogP contribution in [0.5, 0.6) is 0 Å². The van der Waals surface area contributed by atoms with Gasteiger partial charge in [-0.15, -0.1) is 0 Å². The fourth-order valence-electron chi connectivity index (χ4n) is 8.98. The summed E-state index contributed by atoms with van der Waals surface area (Å²) in [5.41, 5.74) is 0.656. The normalized spacial score (nSPS) is 48.9. The summed E-state index contributed by atoms with van der Waals surface area (Å²) in [7, 11) is 0. The molecular weight excluding hydrogens is 388 g/mol. The molecule has 0 aromatic carbocycles. The highest BCUT2D eigenvalue weighted by atomic mass is 16.5. The first kappa shape index (κ1) is 21.7. The Labute approximate surface area is 187 Å². The van der Waals surface area contributed by atoms with E-state index < -0.39 is 0 Å². The molecule has 1 amide bonds. The summed E-state index contributed by atoms with van der Waals surface area (Å²) in [4.78, 5) is 24.3. The second-order valence-electron chi connectivity index (χ2n) is 12.0. The van der Waals surface area contributed by atoms with Crippen LogP contribution in [0.1, 0.15) is 91.4 Å². The summed E-state index contributed by atoms with van der Waals surface area (Å²) < 4.78 is 5.62. The van der Waals surface area contributed by atoms with Crippen LogP contribution in [0.15, 0.2) is 0 Å². The van der Waals surface area contributed by atoms with Gasteiger partial charge in [-0.25, -0.2) is 0 Å².